The van der Waals surface area contributed by atoms with Gasteiger partial charge in [-0.15, -0.1) is 0 Å². The van der Waals surface area contributed by atoms with Gasteiger partial charge in [0.15, 0.2) is 10.2 Å². The van der Waals surface area contributed by atoms with Gasteiger partial charge in [0.1, 0.15) is 5.75 Å². The first-order chi connectivity index (χ1) is 14.3. The number of carbonyl (C=O) groups is 2. The molecule has 156 valence electrons. The van der Waals surface area contributed by atoms with E-state index in [9.17, 15) is 9.59 Å². The minimum Gasteiger partial charge on any atom is -0.496 e. The lowest BCUT2D eigenvalue weighted by atomic mass is 10.1. The first-order valence-electron chi connectivity index (χ1n) is 8.97. The van der Waals surface area contributed by atoms with Gasteiger partial charge in [-0.25, -0.2) is 4.98 Å². The Balaban J connectivity index is 1.72. The molecule has 7 nitrogen and oxygen atoms in total. The SMILES string of the molecule is CCC(=O)Nc1nc2ccc(NC(=S)NC(=O)c3cc(Br)cc(C)c3OC)cc2s1. The number of aryl methyl sites for hydroxylation is 1. The number of aromatic nitrogens is 1. The summed E-state index contributed by atoms with van der Waals surface area (Å²) < 4.78 is 7.01. The molecule has 2 aromatic carbocycles. The lowest BCUT2D eigenvalue weighted by Gasteiger charge is -2.13. The van der Waals surface area contributed by atoms with Crippen molar-refractivity contribution in [1.82, 2.24) is 10.3 Å². The Kier molecular flexibility index (Phi) is 7.01. The Hall–Kier alpha value is -2.56. The standard InChI is InChI=1S/C20H19BrN4O3S2/c1-4-16(26)24-20-23-14-6-5-12(9-15(14)30-20)22-19(29)25-18(27)13-8-11(21)7-10(2)17(13)28-3/h5-9H,4H2,1-3H3,(H,23,24,26)(H2,22,25,27,29). The molecule has 0 fully saturated rings. The van der Waals surface area contributed by atoms with Crippen LogP contribution in [0.5, 0.6) is 5.75 Å². The largest absolute Gasteiger partial charge is 0.496 e. The topological polar surface area (TPSA) is 92.4 Å². The van der Waals surface area contributed by atoms with Gasteiger partial charge in [0.25, 0.3) is 5.91 Å². The van der Waals surface area contributed by atoms with Gasteiger partial charge in [-0.05, 0) is 55.0 Å². The second-order valence-corrected chi connectivity index (χ2v) is 8.67. The molecule has 3 aromatic rings. The number of thiazole rings is 1. The van der Waals surface area contributed by atoms with Crippen molar-refractivity contribution < 1.29 is 14.3 Å². The van der Waals surface area contributed by atoms with Crippen LogP contribution in [0.25, 0.3) is 10.2 Å². The van der Waals surface area contributed by atoms with E-state index in [2.05, 4.69) is 36.9 Å². The minimum absolute atomic E-state index is 0.0884. The maximum atomic E-state index is 12.7. The zero-order chi connectivity index (χ0) is 21.8. The second kappa shape index (κ2) is 9.50. The molecule has 0 aliphatic heterocycles. The van der Waals surface area contributed by atoms with Crippen molar-refractivity contribution in [2.75, 3.05) is 17.7 Å². The molecule has 0 aliphatic rings. The number of fused-ring (bicyclic) bond motifs is 1. The molecule has 0 atom stereocenters. The fourth-order valence-electron chi connectivity index (χ4n) is 2.77. The van der Waals surface area contributed by atoms with E-state index in [4.69, 9.17) is 17.0 Å². The molecule has 0 bridgehead atoms. The van der Waals surface area contributed by atoms with Gasteiger partial charge >= 0.3 is 0 Å². The van der Waals surface area contributed by atoms with E-state index in [1.54, 1.807) is 19.1 Å². The third kappa shape index (κ3) is 5.13. The van der Waals surface area contributed by atoms with Crippen LogP contribution in [0, 0.1) is 6.92 Å². The van der Waals surface area contributed by atoms with Crippen LogP contribution < -0.4 is 20.7 Å². The highest BCUT2D eigenvalue weighted by Crippen LogP contribution is 2.29. The van der Waals surface area contributed by atoms with Gasteiger partial charge < -0.3 is 15.4 Å². The monoisotopic (exact) mass is 506 g/mol. The van der Waals surface area contributed by atoms with E-state index in [-0.39, 0.29) is 16.9 Å². The summed E-state index contributed by atoms with van der Waals surface area (Å²) in [7, 11) is 1.52. The van der Waals surface area contributed by atoms with Gasteiger partial charge in [0.2, 0.25) is 5.91 Å². The smallest absolute Gasteiger partial charge is 0.261 e. The predicted octanol–water partition coefficient (Wildman–Crippen LogP) is 4.85. The van der Waals surface area contributed by atoms with Gasteiger partial charge in [-0.1, -0.05) is 34.2 Å². The van der Waals surface area contributed by atoms with Crippen LogP contribution in [0.1, 0.15) is 29.3 Å². The van der Waals surface area contributed by atoms with Gasteiger partial charge in [0, 0.05) is 16.6 Å². The summed E-state index contributed by atoms with van der Waals surface area (Å²) in [4.78, 5) is 28.6. The van der Waals surface area contributed by atoms with E-state index in [1.807, 2.05) is 25.1 Å². The fourth-order valence-corrected chi connectivity index (χ4v) is 4.47. The Morgan fingerprint density at radius 1 is 1.23 bits per heavy atom. The highest BCUT2D eigenvalue weighted by atomic mass is 79.9. The molecule has 0 radical (unpaired) electrons. The summed E-state index contributed by atoms with van der Waals surface area (Å²) in [6.07, 6.45) is 0.388. The molecule has 0 saturated heterocycles. The van der Waals surface area contributed by atoms with E-state index in [1.165, 1.54) is 18.4 Å². The predicted molar refractivity (Wildman–Crippen MR) is 128 cm³/mol. The summed E-state index contributed by atoms with van der Waals surface area (Å²) in [6.45, 7) is 3.64. The first-order valence-corrected chi connectivity index (χ1v) is 11.0. The minimum atomic E-state index is -0.378. The van der Waals surface area contributed by atoms with E-state index < -0.39 is 0 Å². The number of thiocarbonyl (C=S) groups is 1. The van der Waals surface area contributed by atoms with Crippen LogP contribution in [0.2, 0.25) is 0 Å². The molecule has 0 saturated carbocycles. The average Bonchev–Trinajstić information content (AvgIpc) is 3.08. The van der Waals surface area contributed by atoms with Gasteiger partial charge in [0.05, 0.1) is 22.9 Å². The normalized spacial score (nSPS) is 10.5. The number of nitrogens with one attached hydrogen (secondary N) is 3. The van der Waals surface area contributed by atoms with Crippen LogP contribution in [-0.2, 0) is 4.79 Å². The lowest BCUT2D eigenvalue weighted by Crippen LogP contribution is -2.34. The van der Waals surface area contributed by atoms with Crippen molar-refractivity contribution in [2.45, 2.75) is 20.3 Å². The molecule has 0 aliphatic carbocycles. The quantitative estimate of drug-likeness (QED) is 0.428. The Labute approximate surface area is 191 Å². The number of halogens is 1. The molecule has 2 amide bonds. The highest BCUT2D eigenvalue weighted by Gasteiger charge is 2.17. The highest BCUT2D eigenvalue weighted by molar-refractivity contribution is 9.10. The lowest BCUT2D eigenvalue weighted by molar-refractivity contribution is -0.115. The van der Waals surface area contributed by atoms with Crippen LogP contribution in [0.15, 0.2) is 34.8 Å². The fraction of sp³-hybridized carbons (Fsp3) is 0.200. The Morgan fingerprint density at radius 2 is 2.00 bits per heavy atom. The average molecular weight is 507 g/mol. The van der Waals surface area contributed by atoms with Crippen molar-refractivity contribution in [3.8, 4) is 5.75 Å². The molecule has 3 rings (SSSR count). The Morgan fingerprint density at radius 3 is 2.70 bits per heavy atom. The second-order valence-electron chi connectivity index (χ2n) is 6.31. The number of rotatable bonds is 5. The van der Waals surface area contributed by atoms with Crippen LogP contribution in [-0.4, -0.2) is 29.0 Å². The summed E-state index contributed by atoms with van der Waals surface area (Å²) in [5, 5.41) is 9.13. The maximum Gasteiger partial charge on any atom is 0.261 e. The van der Waals surface area contributed by atoms with Crippen molar-refractivity contribution in [2.24, 2.45) is 0 Å². The van der Waals surface area contributed by atoms with Crippen LogP contribution in [0.3, 0.4) is 0 Å². The molecule has 0 spiro atoms. The van der Waals surface area contributed by atoms with Crippen molar-refractivity contribution in [3.05, 3.63) is 45.9 Å². The van der Waals surface area contributed by atoms with E-state index >= 15 is 0 Å². The molecule has 10 heteroatoms. The number of carbonyl (C=O) groups excluding carboxylic acids is 2. The van der Waals surface area contributed by atoms with Crippen LogP contribution in [0.4, 0.5) is 10.8 Å². The zero-order valence-corrected chi connectivity index (χ0v) is 19.7. The number of methoxy groups -OCH3 is 1. The molecular weight excluding hydrogens is 488 g/mol. The zero-order valence-electron chi connectivity index (χ0n) is 16.5. The number of hydrogen-bond acceptors (Lipinski definition) is 6. The number of hydrogen-bond donors (Lipinski definition) is 3. The van der Waals surface area contributed by atoms with Gasteiger partial charge in [-0.2, -0.15) is 0 Å². The number of nitrogens with zero attached hydrogens (tertiary/aromatic N) is 1. The molecule has 30 heavy (non-hydrogen) atoms. The summed E-state index contributed by atoms with van der Waals surface area (Å²) >= 11 is 10.1. The summed E-state index contributed by atoms with van der Waals surface area (Å²) in [5.41, 5.74) is 2.67. The molecule has 1 heterocycles. The maximum absolute atomic E-state index is 12.7. The Bertz CT molecular complexity index is 1150. The van der Waals surface area contributed by atoms with E-state index in [0.29, 0.717) is 28.6 Å². The number of anilines is 2. The summed E-state index contributed by atoms with van der Waals surface area (Å²) in [5.74, 6) is 0.0259. The van der Waals surface area contributed by atoms with Crippen LogP contribution >= 0.6 is 39.5 Å². The molecule has 0 unspecified atom stereocenters. The van der Waals surface area contributed by atoms with Crippen molar-refractivity contribution in [3.63, 3.8) is 0 Å². The third-order valence-electron chi connectivity index (χ3n) is 4.13. The number of benzene rings is 2. The molecular formula is C20H19BrN4O3S2. The number of amides is 2. The molecule has 3 N–H and O–H groups in total. The summed E-state index contributed by atoms with van der Waals surface area (Å²) in [6, 6.07) is 9.03. The van der Waals surface area contributed by atoms with Crippen molar-refractivity contribution >= 4 is 77.4 Å². The molecule has 1 aromatic heterocycles. The first kappa shape index (κ1) is 22.1. The number of ether oxygens (including phenoxy) is 1. The van der Waals surface area contributed by atoms with Crippen molar-refractivity contribution in [1.29, 1.82) is 0 Å². The van der Waals surface area contributed by atoms with Gasteiger partial charge in [-0.3, -0.25) is 14.9 Å². The third-order valence-corrected chi connectivity index (χ3v) is 5.72. The van der Waals surface area contributed by atoms with E-state index in [0.717, 1.165) is 20.3 Å².